The lowest BCUT2D eigenvalue weighted by Crippen LogP contribution is -2.44. The Balaban J connectivity index is 1.19. The molecule has 1 fully saturated rings. The Bertz CT molecular complexity index is 807. The van der Waals surface area contributed by atoms with Crippen molar-refractivity contribution in [1.29, 1.82) is 0 Å². The molecule has 3 heterocycles. The second-order valence-electron chi connectivity index (χ2n) is 7.37. The third-order valence-corrected chi connectivity index (χ3v) is 5.47. The molecule has 0 spiro atoms. The van der Waals surface area contributed by atoms with Crippen molar-refractivity contribution >= 4 is 5.52 Å². The van der Waals surface area contributed by atoms with E-state index in [9.17, 15) is 0 Å². The van der Waals surface area contributed by atoms with E-state index in [0.717, 1.165) is 31.7 Å². The van der Waals surface area contributed by atoms with Crippen LogP contribution in [0.25, 0.3) is 5.52 Å². The molecule has 1 saturated heterocycles. The first kappa shape index (κ1) is 18.0. The summed E-state index contributed by atoms with van der Waals surface area (Å²) in [5.74, 6) is 0.701. The van der Waals surface area contributed by atoms with Crippen LogP contribution in [0.5, 0.6) is 5.88 Å². The van der Waals surface area contributed by atoms with E-state index in [4.69, 9.17) is 4.74 Å². The zero-order valence-corrected chi connectivity index (χ0v) is 16.0. The number of ether oxygens (including phenoxy) is 1. The van der Waals surface area contributed by atoms with Gasteiger partial charge in [-0.1, -0.05) is 36.4 Å². The number of pyridine rings is 1. The van der Waals surface area contributed by atoms with E-state index in [0.29, 0.717) is 18.5 Å². The molecule has 0 N–H and O–H groups in total. The smallest absolute Gasteiger partial charge is 0.233 e. The Kier molecular flexibility index (Phi) is 5.70. The third-order valence-electron chi connectivity index (χ3n) is 5.47. The van der Waals surface area contributed by atoms with Gasteiger partial charge in [0.2, 0.25) is 5.88 Å². The van der Waals surface area contributed by atoms with Crippen LogP contribution in [-0.2, 0) is 6.54 Å². The first-order valence-corrected chi connectivity index (χ1v) is 9.82. The van der Waals surface area contributed by atoms with Gasteiger partial charge < -0.3 is 4.74 Å². The Hall–Kier alpha value is -2.37. The number of rotatable bonds is 7. The van der Waals surface area contributed by atoms with Gasteiger partial charge in [-0.15, -0.1) is 5.10 Å². The average molecular weight is 364 g/mol. The molecule has 5 heteroatoms. The van der Waals surface area contributed by atoms with Gasteiger partial charge in [-0.2, -0.15) is 0 Å². The van der Waals surface area contributed by atoms with Crippen molar-refractivity contribution in [1.82, 2.24) is 19.4 Å². The fraction of sp³-hybridized carbons (Fsp3) is 0.409. The summed E-state index contributed by atoms with van der Waals surface area (Å²) in [5, 5.41) is 4.44. The number of fused-ring (bicyclic) bond motifs is 1. The topological polar surface area (TPSA) is 33.0 Å². The van der Waals surface area contributed by atoms with Crippen LogP contribution in [0.4, 0.5) is 0 Å². The first-order chi connectivity index (χ1) is 13.3. The summed E-state index contributed by atoms with van der Waals surface area (Å²) < 4.78 is 7.72. The van der Waals surface area contributed by atoms with E-state index < -0.39 is 0 Å². The minimum Gasteiger partial charge on any atom is -0.475 e. The van der Waals surface area contributed by atoms with Gasteiger partial charge in [0.1, 0.15) is 6.61 Å². The van der Waals surface area contributed by atoms with Gasteiger partial charge in [0, 0.05) is 31.4 Å². The molecule has 1 aliphatic heterocycles. The van der Waals surface area contributed by atoms with Crippen LogP contribution in [-0.4, -0.2) is 58.7 Å². The summed E-state index contributed by atoms with van der Waals surface area (Å²) in [6, 6.07) is 19.4. The van der Waals surface area contributed by atoms with Crippen molar-refractivity contribution < 1.29 is 4.74 Å². The molecule has 27 heavy (non-hydrogen) atoms. The van der Waals surface area contributed by atoms with E-state index in [1.165, 1.54) is 18.4 Å². The minimum atomic E-state index is 0.640. The van der Waals surface area contributed by atoms with Crippen molar-refractivity contribution in [3.05, 3.63) is 66.4 Å². The molecule has 2 aromatic heterocycles. The van der Waals surface area contributed by atoms with E-state index in [1.54, 1.807) is 0 Å². The van der Waals surface area contributed by atoms with Crippen LogP contribution in [0.15, 0.2) is 60.8 Å². The Morgan fingerprint density at radius 2 is 1.85 bits per heavy atom. The Morgan fingerprint density at radius 3 is 2.63 bits per heavy atom. The Morgan fingerprint density at radius 1 is 1.07 bits per heavy atom. The average Bonchev–Trinajstić information content (AvgIpc) is 3.12. The lowest BCUT2D eigenvalue weighted by molar-refractivity contribution is 0.110. The lowest BCUT2D eigenvalue weighted by atomic mass is 10.0. The summed E-state index contributed by atoms with van der Waals surface area (Å²) in [6.45, 7) is 4.99. The van der Waals surface area contributed by atoms with Crippen molar-refractivity contribution in [3.8, 4) is 5.88 Å². The molecular formula is C22H28N4O. The van der Waals surface area contributed by atoms with Gasteiger partial charge in [-0.3, -0.25) is 9.80 Å². The Labute approximate surface area is 161 Å². The molecule has 0 atom stereocenters. The number of likely N-dealkylation sites (N-methyl/N-ethyl adjacent to an activating group) is 1. The number of likely N-dealkylation sites (tertiary alicyclic amines) is 1. The van der Waals surface area contributed by atoms with Crippen molar-refractivity contribution in [3.63, 3.8) is 0 Å². The highest BCUT2D eigenvalue weighted by Crippen LogP contribution is 2.18. The van der Waals surface area contributed by atoms with E-state index in [1.807, 2.05) is 35.0 Å². The molecule has 5 nitrogen and oxygen atoms in total. The zero-order valence-electron chi connectivity index (χ0n) is 16.0. The fourth-order valence-electron chi connectivity index (χ4n) is 3.82. The van der Waals surface area contributed by atoms with Crippen LogP contribution in [0.3, 0.4) is 0 Å². The number of hydrogen-bond acceptors (Lipinski definition) is 4. The van der Waals surface area contributed by atoms with Gasteiger partial charge in [-0.25, -0.2) is 4.52 Å². The molecule has 0 radical (unpaired) electrons. The van der Waals surface area contributed by atoms with E-state index in [2.05, 4.69) is 52.3 Å². The largest absolute Gasteiger partial charge is 0.475 e. The van der Waals surface area contributed by atoms with Crippen LogP contribution in [0.2, 0.25) is 0 Å². The molecule has 142 valence electrons. The SMILES string of the molecule is CN(CCOc1cc2ccccn2n1)C1CCN(Cc2ccccc2)CC1. The number of nitrogens with zero attached hydrogens (tertiary/aromatic N) is 4. The van der Waals surface area contributed by atoms with Gasteiger partial charge in [0.25, 0.3) is 0 Å². The summed E-state index contributed by atoms with van der Waals surface area (Å²) >= 11 is 0. The van der Waals surface area contributed by atoms with Crippen molar-refractivity contribution in [2.75, 3.05) is 33.3 Å². The highest BCUT2D eigenvalue weighted by atomic mass is 16.5. The number of aromatic nitrogens is 2. The zero-order chi connectivity index (χ0) is 18.5. The summed E-state index contributed by atoms with van der Waals surface area (Å²) in [7, 11) is 2.21. The molecule has 0 saturated carbocycles. The van der Waals surface area contributed by atoms with Crippen LogP contribution in [0, 0.1) is 0 Å². The predicted octanol–water partition coefficient (Wildman–Crippen LogP) is 3.31. The minimum absolute atomic E-state index is 0.640. The second kappa shape index (κ2) is 8.55. The number of benzene rings is 1. The monoisotopic (exact) mass is 364 g/mol. The molecule has 4 rings (SSSR count). The standard InChI is InChI=1S/C22H28N4O/c1-24(15-16-27-22-17-21-9-5-6-12-26(21)23-22)20-10-13-25(14-11-20)18-19-7-3-2-4-8-19/h2-9,12,17,20H,10-11,13-16,18H2,1H3. The molecule has 3 aromatic rings. The van der Waals surface area contributed by atoms with Gasteiger partial charge in [0.15, 0.2) is 0 Å². The summed E-state index contributed by atoms with van der Waals surface area (Å²) in [5.41, 5.74) is 2.47. The van der Waals surface area contributed by atoms with Crippen molar-refractivity contribution in [2.45, 2.75) is 25.4 Å². The van der Waals surface area contributed by atoms with Gasteiger partial charge in [0.05, 0.1) is 5.52 Å². The highest BCUT2D eigenvalue weighted by Gasteiger charge is 2.22. The maximum atomic E-state index is 5.87. The summed E-state index contributed by atoms with van der Waals surface area (Å²) in [4.78, 5) is 5.00. The maximum Gasteiger partial charge on any atom is 0.233 e. The van der Waals surface area contributed by atoms with Crippen LogP contribution in [0.1, 0.15) is 18.4 Å². The highest BCUT2D eigenvalue weighted by molar-refractivity contribution is 5.48. The van der Waals surface area contributed by atoms with Crippen molar-refractivity contribution in [2.24, 2.45) is 0 Å². The molecule has 0 amide bonds. The predicted molar refractivity (Wildman–Crippen MR) is 108 cm³/mol. The lowest BCUT2D eigenvalue weighted by Gasteiger charge is -2.36. The molecule has 0 bridgehead atoms. The normalized spacial score (nSPS) is 16.2. The molecule has 0 aliphatic carbocycles. The third kappa shape index (κ3) is 4.67. The first-order valence-electron chi connectivity index (χ1n) is 9.82. The second-order valence-corrected chi connectivity index (χ2v) is 7.37. The maximum absolute atomic E-state index is 5.87. The summed E-state index contributed by atoms with van der Waals surface area (Å²) in [6.07, 6.45) is 4.38. The molecule has 1 aromatic carbocycles. The molecular weight excluding hydrogens is 336 g/mol. The molecule has 1 aliphatic rings. The van der Waals surface area contributed by atoms with Gasteiger partial charge in [-0.05, 0) is 50.7 Å². The molecule has 0 unspecified atom stereocenters. The number of hydrogen-bond donors (Lipinski definition) is 0. The van der Waals surface area contributed by atoms with Gasteiger partial charge >= 0.3 is 0 Å². The number of piperidine rings is 1. The van der Waals surface area contributed by atoms with E-state index >= 15 is 0 Å². The van der Waals surface area contributed by atoms with E-state index in [-0.39, 0.29) is 0 Å². The fourth-order valence-corrected chi connectivity index (χ4v) is 3.82. The van der Waals surface area contributed by atoms with Crippen LogP contribution < -0.4 is 4.74 Å². The van der Waals surface area contributed by atoms with Crippen LogP contribution >= 0.6 is 0 Å². The quantitative estimate of drug-likeness (QED) is 0.644.